The summed E-state index contributed by atoms with van der Waals surface area (Å²) in [7, 11) is 0. The minimum atomic E-state index is -2.87. The molecule has 1 aromatic carbocycles. The summed E-state index contributed by atoms with van der Waals surface area (Å²) in [5, 5.41) is 0. The van der Waals surface area contributed by atoms with E-state index < -0.39 is 6.61 Å². The number of ether oxygens (including phenoxy) is 1. The molecule has 0 fully saturated rings. The Morgan fingerprint density at radius 3 is 2.50 bits per heavy atom. The number of hydrogen-bond donors (Lipinski definition) is 0. The maximum Gasteiger partial charge on any atom is 0.387 e. The quantitative estimate of drug-likeness (QED) is 0.766. The van der Waals surface area contributed by atoms with Gasteiger partial charge in [0.2, 0.25) is 0 Å². The number of ketones is 1. The van der Waals surface area contributed by atoms with Crippen molar-refractivity contribution in [2.24, 2.45) is 0 Å². The highest BCUT2D eigenvalue weighted by Crippen LogP contribution is 2.16. The lowest BCUT2D eigenvalue weighted by atomic mass is 10.1. The molecular formula is C13H10F2O3. The Labute approximate surface area is 102 Å². The molecule has 0 aliphatic heterocycles. The van der Waals surface area contributed by atoms with Crippen LogP contribution in [0.3, 0.4) is 0 Å². The zero-order chi connectivity index (χ0) is 13.0. The van der Waals surface area contributed by atoms with Crippen molar-refractivity contribution < 1.29 is 22.7 Å². The fourth-order valence-electron chi connectivity index (χ4n) is 1.50. The molecule has 1 heterocycles. The van der Waals surface area contributed by atoms with Crippen molar-refractivity contribution >= 4 is 5.78 Å². The second-order valence-electron chi connectivity index (χ2n) is 3.58. The smallest absolute Gasteiger partial charge is 0.387 e. The number of furan rings is 1. The Morgan fingerprint density at radius 2 is 1.94 bits per heavy atom. The summed E-state index contributed by atoms with van der Waals surface area (Å²) >= 11 is 0. The summed E-state index contributed by atoms with van der Waals surface area (Å²) < 4.78 is 33.1. The summed E-state index contributed by atoms with van der Waals surface area (Å²) in [6.45, 7) is -2.87. The molecule has 3 nitrogen and oxygen atoms in total. The van der Waals surface area contributed by atoms with Crippen LogP contribution in [0.1, 0.15) is 16.1 Å². The van der Waals surface area contributed by atoms with Crippen LogP contribution < -0.4 is 4.74 Å². The predicted molar refractivity (Wildman–Crippen MR) is 59.8 cm³/mol. The van der Waals surface area contributed by atoms with Crippen molar-refractivity contribution in [3.63, 3.8) is 0 Å². The normalized spacial score (nSPS) is 10.6. The first-order valence-corrected chi connectivity index (χ1v) is 5.25. The van der Waals surface area contributed by atoms with Gasteiger partial charge in [0.1, 0.15) is 11.5 Å². The molecule has 0 aliphatic rings. The van der Waals surface area contributed by atoms with Crippen molar-refractivity contribution in [1.29, 1.82) is 0 Å². The van der Waals surface area contributed by atoms with E-state index in [2.05, 4.69) is 4.74 Å². The molecule has 0 N–H and O–H groups in total. The zero-order valence-electron chi connectivity index (χ0n) is 9.31. The number of benzene rings is 1. The molecule has 0 spiro atoms. The van der Waals surface area contributed by atoms with Crippen LogP contribution in [0.15, 0.2) is 47.1 Å². The van der Waals surface area contributed by atoms with Gasteiger partial charge in [-0.3, -0.25) is 4.79 Å². The highest BCUT2D eigenvalue weighted by Gasteiger charge is 2.10. The second kappa shape index (κ2) is 5.44. The third-order valence-electron chi connectivity index (χ3n) is 2.32. The fraction of sp³-hybridized carbons (Fsp3) is 0.154. The average Bonchev–Trinajstić information content (AvgIpc) is 2.82. The Bertz CT molecular complexity index is 504. The Morgan fingerprint density at radius 1 is 1.22 bits per heavy atom. The van der Waals surface area contributed by atoms with Crippen LogP contribution >= 0.6 is 0 Å². The Hall–Kier alpha value is -2.17. The van der Waals surface area contributed by atoms with Crippen molar-refractivity contribution in [2.45, 2.75) is 13.0 Å². The fourth-order valence-corrected chi connectivity index (χ4v) is 1.50. The van der Waals surface area contributed by atoms with Gasteiger partial charge < -0.3 is 9.15 Å². The van der Waals surface area contributed by atoms with Gasteiger partial charge in [0.05, 0.1) is 12.7 Å². The summed E-state index contributed by atoms with van der Waals surface area (Å²) in [6, 6.07) is 8.96. The van der Waals surface area contributed by atoms with E-state index in [0.29, 0.717) is 11.3 Å². The number of hydrogen-bond acceptors (Lipinski definition) is 3. The van der Waals surface area contributed by atoms with Crippen LogP contribution in [0.25, 0.3) is 0 Å². The molecule has 0 unspecified atom stereocenters. The molecule has 18 heavy (non-hydrogen) atoms. The van der Waals surface area contributed by atoms with Gasteiger partial charge >= 0.3 is 6.61 Å². The lowest BCUT2D eigenvalue weighted by Crippen LogP contribution is -2.04. The highest BCUT2D eigenvalue weighted by molar-refractivity contribution is 5.97. The Kier molecular flexibility index (Phi) is 3.72. The maximum atomic E-state index is 11.9. The summed E-state index contributed by atoms with van der Waals surface area (Å²) in [5.41, 5.74) is 0.424. The van der Waals surface area contributed by atoms with Crippen molar-refractivity contribution in [3.8, 4) is 5.75 Å². The first kappa shape index (κ1) is 12.3. The summed E-state index contributed by atoms with van der Waals surface area (Å²) in [4.78, 5) is 11.8. The minimum absolute atomic E-state index is 0.0274. The molecule has 0 amide bonds. The van der Waals surface area contributed by atoms with E-state index in [-0.39, 0.29) is 18.0 Å². The molecule has 0 aliphatic carbocycles. The third-order valence-corrected chi connectivity index (χ3v) is 2.32. The minimum Gasteiger partial charge on any atom is -0.469 e. The lowest BCUT2D eigenvalue weighted by Gasteiger charge is -2.04. The molecule has 94 valence electrons. The van der Waals surface area contributed by atoms with Crippen LogP contribution in [0, 0.1) is 0 Å². The van der Waals surface area contributed by atoms with Crippen LogP contribution in [-0.2, 0) is 6.42 Å². The van der Waals surface area contributed by atoms with E-state index in [1.165, 1.54) is 30.5 Å². The van der Waals surface area contributed by atoms with E-state index in [4.69, 9.17) is 4.42 Å². The first-order chi connectivity index (χ1) is 8.65. The largest absolute Gasteiger partial charge is 0.469 e. The van der Waals surface area contributed by atoms with Crippen LogP contribution in [0.2, 0.25) is 0 Å². The van der Waals surface area contributed by atoms with Gasteiger partial charge in [-0.2, -0.15) is 8.78 Å². The Balaban J connectivity index is 2.03. The van der Waals surface area contributed by atoms with Crippen molar-refractivity contribution in [1.82, 2.24) is 0 Å². The average molecular weight is 252 g/mol. The van der Waals surface area contributed by atoms with E-state index >= 15 is 0 Å². The highest BCUT2D eigenvalue weighted by atomic mass is 19.3. The van der Waals surface area contributed by atoms with E-state index in [0.717, 1.165) is 0 Å². The van der Waals surface area contributed by atoms with Crippen molar-refractivity contribution in [3.05, 3.63) is 54.0 Å². The summed E-state index contributed by atoms with van der Waals surface area (Å²) in [6.07, 6.45) is 1.63. The molecular weight excluding hydrogens is 242 g/mol. The third kappa shape index (κ3) is 3.16. The molecule has 2 aromatic rings. The second-order valence-corrected chi connectivity index (χ2v) is 3.58. The van der Waals surface area contributed by atoms with Crippen molar-refractivity contribution in [2.75, 3.05) is 0 Å². The van der Waals surface area contributed by atoms with Gasteiger partial charge in [0.25, 0.3) is 0 Å². The molecule has 2 rings (SSSR count). The molecule has 0 saturated heterocycles. The molecule has 0 saturated carbocycles. The standard InChI is InChI=1S/C13H10F2O3/c14-13(15)18-10-5-3-9(4-6-10)12(16)8-11-2-1-7-17-11/h1-7,13H,8H2. The topological polar surface area (TPSA) is 39.4 Å². The first-order valence-electron chi connectivity index (χ1n) is 5.25. The van der Waals surface area contributed by atoms with Gasteiger partial charge in [-0.25, -0.2) is 0 Å². The van der Waals surface area contributed by atoms with Gasteiger partial charge in [-0.05, 0) is 36.4 Å². The van der Waals surface area contributed by atoms with Crippen LogP contribution in [0.4, 0.5) is 8.78 Å². The van der Waals surface area contributed by atoms with Crippen LogP contribution in [0.5, 0.6) is 5.75 Å². The molecule has 5 heteroatoms. The molecule has 0 bridgehead atoms. The van der Waals surface area contributed by atoms with Gasteiger partial charge in [-0.1, -0.05) is 0 Å². The van der Waals surface area contributed by atoms with Gasteiger partial charge in [-0.15, -0.1) is 0 Å². The van der Waals surface area contributed by atoms with Crippen LogP contribution in [-0.4, -0.2) is 12.4 Å². The molecule has 0 atom stereocenters. The SMILES string of the molecule is O=C(Cc1ccco1)c1ccc(OC(F)F)cc1. The number of carbonyl (C=O) groups is 1. The maximum absolute atomic E-state index is 11.9. The zero-order valence-corrected chi connectivity index (χ0v) is 9.31. The molecule has 0 radical (unpaired) electrons. The number of carbonyl (C=O) groups excluding carboxylic acids is 1. The number of halogens is 2. The number of rotatable bonds is 5. The van der Waals surface area contributed by atoms with E-state index in [9.17, 15) is 13.6 Å². The van der Waals surface area contributed by atoms with Gasteiger partial charge in [0.15, 0.2) is 5.78 Å². The van der Waals surface area contributed by atoms with E-state index in [1.54, 1.807) is 12.1 Å². The predicted octanol–water partition coefficient (Wildman–Crippen LogP) is 3.31. The molecule has 1 aromatic heterocycles. The number of alkyl halides is 2. The van der Waals surface area contributed by atoms with E-state index in [1.807, 2.05) is 0 Å². The van der Waals surface area contributed by atoms with Gasteiger partial charge in [0, 0.05) is 5.56 Å². The number of Topliss-reactive ketones (excluding diaryl/α,β-unsaturated/α-hetero) is 1. The summed E-state index contributed by atoms with van der Waals surface area (Å²) in [5.74, 6) is 0.445. The lowest BCUT2D eigenvalue weighted by molar-refractivity contribution is -0.0498. The monoisotopic (exact) mass is 252 g/mol.